The van der Waals surface area contributed by atoms with E-state index < -0.39 is 170 Å². The molecule has 31 atom stereocenters. The highest BCUT2D eigenvalue weighted by atomic mass is 16.8. The molecule has 14 N–H and O–H groups in total. The molecule has 4 aliphatic heterocycles. The Bertz CT molecular complexity index is 2150. The zero-order valence-electron chi connectivity index (χ0n) is 45.6. The van der Waals surface area contributed by atoms with E-state index in [-0.39, 0.29) is 40.6 Å². The zero-order chi connectivity index (χ0) is 56.6. The van der Waals surface area contributed by atoms with Crippen LogP contribution in [0, 0.1) is 50.2 Å². The normalized spacial score (nSPS) is 56.7. The summed E-state index contributed by atoms with van der Waals surface area (Å²) in [5, 5.41) is 153. The topological polar surface area (TPSA) is 374 Å². The van der Waals surface area contributed by atoms with E-state index in [1.807, 2.05) is 20.8 Å². The summed E-state index contributed by atoms with van der Waals surface area (Å²) in [4.78, 5) is 12.6. The number of carboxylic acid groups (broad SMARTS) is 1. The fourth-order valence-electron chi connectivity index (χ4n) is 16.6. The van der Waals surface area contributed by atoms with Crippen molar-refractivity contribution >= 4 is 5.97 Å². The number of hydrogen-bond donors (Lipinski definition) is 14. The quantitative estimate of drug-likeness (QED) is 0.0829. The SMILES string of the molecule is C[C@@H]1O[C@@H](O[C@H]2[C@H](O[C@H]3[C@H](O[C@H]4CC[C@@]5(C)[C@@H](CC[C@]6(C)[C@@H]5CC=C5[C@@H]7CC(C)(C)[C@@H](O[C@@H]8O[C@@H](C)[C@H](O)[C@@H](O)[C@H]8O)[C@@H](O)[C@]7(C)CC[C@]56C)[C@@]4(C)CO)O[C@H](C(=O)O)[C@@H](O)[C@@H]3O)O[C@H](CO)[C@H](O)[C@@H]2O)[C@H](O)[C@H](O)[C@H]1O. The van der Waals surface area contributed by atoms with Gasteiger partial charge in [-0.1, -0.05) is 60.1 Å². The van der Waals surface area contributed by atoms with Crippen molar-refractivity contribution in [2.24, 2.45) is 50.2 Å². The van der Waals surface area contributed by atoms with E-state index in [1.54, 1.807) is 6.92 Å². The van der Waals surface area contributed by atoms with Crippen LogP contribution in [0.4, 0.5) is 0 Å². The van der Waals surface area contributed by atoms with Crippen LogP contribution in [-0.4, -0.2) is 232 Å². The maximum Gasteiger partial charge on any atom is 0.335 e. The minimum Gasteiger partial charge on any atom is -0.479 e. The molecule has 9 aliphatic rings. The molecule has 0 bridgehead atoms. The van der Waals surface area contributed by atoms with E-state index in [4.69, 9.17) is 37.9 Å². The second kappa shape index (κ2) is 21.2. The molecule has 23 nitrogen and oxygen atoms in total. The van der Waals surface area contributed by atoms with Gasteiger partial charge in [0.15, 0.2) is 31.3 Å². The molecule has 0 aromatic carbocycles. The summed E-state index contributed by atoms with van der Waals surface area (Å²) >= 11 is 0. The van der Waals surface area contributed by atoms with Crippen LogP contribution in [0.15, 0.2) is 11.6 Å². The number of fused-ring (bicyclic) bond motifs is 7. The average molecular weight is 1110 g/mol. The van der Waals surface area contributed by atoms with Crippen LogP contribution in [0.25, 0.3) is 0 Å². The van der Waals surface area contributed by atoms with Gasteiger partial charge in [-0.25, -0.2) is 4.79 Å². The first kappa shape index (κ1) is 60.0. The summed E-state index contributed by atoms with van der Waals surface area (Å²) in [5.74, 6) is -1.72. The number of carboxylic acids is 1. The van der Waals surface area contributed by atoms with Crippen LogP contribution in [0.3, 0.4) is 0 Å². The van der Waals surface area contributed by atoms with E-state index in [0.29, 0.717) is 32.1 Å². The fraction of sp³-hybridized carbons (Fsp3) is 0.944. The molecule has 0 aromatic heterocycles. The van der Waals surface area contributed by atoms with Gasteiger partial charge in [0.25, 0.3) is 0 Å². The van der Waals surface area contributed by atoms with Crippen molar-refractivity contribution in [2.75, 3.05) is 13.2 Å². The van der Waals surface area contributed by atoms with Crippen LogP contribution in [0.1, 0.15) is 114 Å². The Morgan fingerprint density at radius 2 is 1.14 bits per heavy atom. The molecule has 9 rings (SSSR count). The molecule has 0 spiro atoms. The predicted molar refractivity (Wildman–Crippen MR) is 263 cm³/mol. The molecule has 4 saturated carbocycles. The second-order valence-corrected chi connectivity index (χ2v) is 26.4. The Kier molecular flexibility index (Phi) is 16.5. The lowest BCUT2D eigenvalue weighted by atomic mass is 9.33. The van der Waals surface area contributed by atoms with Gasteiger partial charge >= 0.3 is 5.97 Å². The molecule has 23 heteroatoms. The lowest BCUT2D eigenvalue weighted by Gasteiger charge is -2.72. The van der Waals surface area contributed by atoms with E-state index in [1.165, 1.54) is 12.5 Å². The van der Waals surface area contributed by atoms with Gasteiger partial charge in [0, 0.05) is 10.8 Å². The van der Waals surface area contributed by atoms with E-state index in [9.17, 15) is 76.3 Å². The van der Waals surface area contributed by atoms with Crippen molar-refractivity contribution in [3.63, 3.8) is 0 Å². The van der Waals surface area contributed by atoms with Crippen LogP contribution in [0.2, 0.25) is 0 Å². The Morgan fingerprint density at radius 1 is 0.584 bits per heavy atom. The largest absolute Gasteiger partial charge is 0.479 e. The van der Waals surface area contributed by atoms with Gasteiger partial charge in [-0.2, -0.15) is 0 Å². The number of aliphatic hydroxyl groups excluding tert-OH is 13. The standard InChI is InChI=1S/C54H88O23/c1-21-29(57)32(60)37(65)45(70-21)75-40-34(62)31(59)25(19-55)72-47(40)76-41-36(64)35(63)39(44(68)69)74-48(41)73-28-13-14-51(6)26(52(28,7)20-56)12-15-54(9)27(51)11-10-23-24-18-49(3,4)43(42(67)50(24,5)16-17-53(23,54)8)77-46-38(66)33(61)30(58)22(2)71-46/h10,21-22,24-43,45-48,55-67H,11-20H2,1-9H3,(H,68,69)/t21-,22-,24-,25+,26+,27+,28-,29-,30-,31-,32+,33+,34-,35-,36-,37+,38+,39-,40+,41+,42+,43-,45-,46-,47-,48+,50+,51-,52+,53+,54+/m0/s1. The van der Waals surface area contributed by atoms with Gasteiger partial charge in [-0.05, 0) is 105 Å². The molecular formula is C54H88O23. The van der Waals surface area contributed by atoms with Crippen LogP contribution >= 0.6 is 0 Å². The summed E-state index contributed by atoms with van der Waals surface area (Å²) < 4.78 is 48.6. The highest BCUT2D eigenvalue weighted by molar-refractivity contribution is 5.73. The Labute approximate surface area is 449 Å². The van der Waals surface area contributed by atoms with Crippen molar-refractivity contribution in [3.05, 3.63) is 11.6 Å². The van der Waals surface area contributed by atoms with E-state index in [2.05, 4.69) is 33.8 Å². The number of aliphatic carboxylic acids is 1. The van der Waals surface area contributed by atoms with Crippen LogP contribution in [0.5, 0.6) is 0 Å². The number of carbonyl (C=O) groups is 1. The molecule has 442 valence electrons. The number of ether oxygens (including phenoxy) is 8. The Morgan fingerprint density at radius 3 is 1.71 bits per heavy atom. The van der Waals surface area contributed by atoms with Gasteiger partial charge in [0.1, 0.15) is 79.4 Å². The lowest BCUT2D eigenvalue weighted by Crippen LogP contribution is -2.69. The third kappa shape index (κ3) is 9.42. The molecule has 5 aliphatic carbocycles. The summed E-state index contributed by atoms with van der Waals surface area (Å²) in [6.07, 6.45) is -28.2. The van der Waals surface area contributed by atoms with Crippen molar-refractivity contribution in [1.82, 2.24) is 0 Å². The summed E-state index contributed by atoms with van der Waals surface area (Å²) in [6, 6.07) is 0. The predicted octanol–water partition coefficient (Wildman–Crippen LogP) is -1.47. The summed E-state index contributed by atoms with van der Waals surface area (Å²) in [7, 11) is 0. The third-order valence-electron chi connectivity index (χ3n) is 21.8. The van der Waals surface area contributed by atoms with Crippen LogP contribution in [-0.2, 0) is 42.7 Å². The lowest BCUT2D eigenvalue weighted by molar-refractivity contribution is -0.396. The smallest absolute Gasteiger partial charge is 0.335 e. The number of aliphatic hydroxyl groups is 13. The zero-order valence-corrected chi connectivity index (χ0v) is 45.6. The third-order valence-corrected chi connectivity index (χ3v) is 21.8. The highest BCUT2D eigenvalue weighted by Gasteiger charge is 2.71. The maximum absolute atomic E-state index is 12.6. The van der Waals surface area contributed by atoms with E-state index >= 15 is 0 Å². The van der Waals surface area contributed by atoms with Gasteiger partial charge in [0.2, 0.25) is 0 Å². The Hall–Kier alpha value is -1.63. The molecule has 77 heavy (non-hydrogen) atoms. The van der Waals surface area contributed by atoms with Gasteiger partial charge < -0.3 is 109 Å². The van der Waals surface area contributed by atoms with E-state index in [0.717, 1.165) is 19.3 Å². The monoisotopic (exact) mass is 1100 g/mol. The highest BCUT2D eigenvalue weighted by Crippen LogP contribution is 2.76. The average Bonchev–Trinajstić information content (AvgIpc) is 3.45. The van der Waals surface area contributed by atoms with Crippen molar-refractivity contribution in [2.45, 2.75) is 255 Å². The second-order valence-electron chi connectivity index (χ2n) is 26.4. The molecule has 0 aromatic rings. The van der Waals surface area contributed by atoms with Crippen molar-refractivity contribution in [1.29, 1.82) is 0 Å². The van der Waals surface area contributed by atoms with Crippen LogP contribution < -0.4 is 0 Å². The minimum atomic E-state index is -2.11. The molecule has 0 unspecified atom stereocenters. The number of rotatable bonds is 11. The number of allylic oxidation sites excluding steroid dienone is 2. The summed E-state index contributed by atoms with van der Waals surface area (Å²) in [6.45, 7) is 16.9. The van der Waals surface area contributed by atoms with Gasteiger partial charge in [0.05, 0.1) is 43.7 Å². The first-order valence-corrected chi connectivity index (χ1v) is 27.7. The number of hydrogen-bond acceptors (Lipinski definition) is 22. The van der Waals surface area contributed by atoms with Gasteiger partial charge in [-0.3, -0.25) is 0 Å². The molecule has 4 heterocycles. The van der Waals surface area contributed by atoms with Crippen molar-refractivity contribution < 1.29 is 114 Å². The maximum atomic E-state index is 12.6. The molecule has 0 radical (unpaired) electrons. The summed E-state index contributed by atoms with van der Waals surface area (Å²) in [5.41, 5.74) is -1.87. The first-order valence-electron chi connectivity index (χ1n) is 27.7. The molecule has 8 fully saturated rings. The van der Waals surface area contributed by atoms with Gasteiger partial charge in [-0.15, -0.1) is 0 Å². The molecule has 0 amide bonds. The fourth-order valence-corrected chi connectivity index (χ4v) is 16.6. The molecular weight excluding hydrogens is 1020 g/mol. The molecule has 4 saturated heterocycles. The Balaban J connectivity index is 0.969. The first-order chi connectivity index (χ1) is 35.9. The van der Waals surface area contributed by atoms with Crippen molar-refractivity contribution in [3.8, 4) is 0 Å². The minimum absolute atomic E-state index is 0.0274.